The van der Waals surface area contributed by atoms with Gasteiger partial charge in [-0.3, -0.25) is 5.09 Å². The van der Waals surface area contributed by atoms with E-state index >= 15 is 0 Å². The van der Waals surface area contributed by atoms with Gasteiger partial charge in [-0.2, -0.15) is 0 Å². The second-order valence-corrected chi connectivity index (χ2v) is 13.1. The SMILES string of the molecule is Nc1ccc(S(=O)(=O)c2ccc(Nc3ccc(S(=O)(=O)c4ccc(NP(=O)(O)O)cc4)cc3)cc2)cc1. The van der Waals surface area contributed by atoms with Crippen molar-refractivity contribution < 1.29 is 31.2 Å². The van der Waals surface area contributed by atoms with Gasteiger partial charge in [0.15, 0.2) is 0 Å². The highest BCUT2D eigenvalue weighted by Crippen LogP contribution is 2.35. The number of nitrogens with one attached hydrogen (secondary N) is 2. The van der Waals surface area contributed by atoms with Gasteiger partial charge in [-0.1, -0.05) is 0 Å². The van der Waals surface area contributed by atoms with Gasteiger partial charge in [0.05, 0.1) is 19.6 Å². The molecule has 0 atom stereocenters. The summed E-state index contributed by atoms with van der Waals surface area (Å²) in [6.45, 7) is 0. The summed E-state index contributed by atoms with van der Waals surface area (Å²) in [6.07, 6.45) is 0. The topological polar surface area (TPSA) is 176 Å². The predicted molar refractivity (Wildman–Crippen MR) is 140 cm³/mol. The lowest BCUT2D eigenvalue weighted by atomic mass is 10.2. The average molecular weight is 560 g/mol. The van der Waals surface area contributed by atoms with Crippen LogP contribution in [0.5, 0.6) is 0 Å². The summed E-state index contributed by atoms with van der Waals surface area (Å²) in [6, 6.07) is 23.1. The smallest absolute Gasteiger partial charge is 0.399 e. The van der Waals surface area contributed by atoms with Crippen molar-refractivity contribution in [3.05, 3.63) is 97.1 Å². The molecule has 13 heteroatoms. The van der Waals surface area contributed by atoms with Crippen molar-refractivity contribution in [1.82, 2.24) is 0 Å². The maximum absolute atomic E-state index is 12.9. The van der Waals surface area contributed by atoms with Crippen LogP contribution >= 0.6 is 7.75 Å². The third kappa shape index (κ3) is 6.19. The molecule has 0 aliphatic rings. The third-order valence-electron chi connectivity index (χ3n) is 5.25. The van der Waals surface area contributed by atoms with Crippen LogP contribution in [0.15, 0.2) is 117 Å². The maximum Gasteiger partial charge on any atom is 0.427 e. The summed E-state index contributed by atoms with van der Waals surface area (Å²) in [5.41, 5.74) is 7.35. The first-order chi connectivity index (χ1) is 17.3. The molecule has 0 heterocycles. The Kier molecular flexibility index (Phi) is 7.13. The molecule has 0 saturated carbocycles. The van der Waals surface area contributed by atoms with E-state index < -0.39 is 27.4 Å². The molecule has 0 spiro atoms. The number of hydrogen-bond acceptors (Lipinski definition) is 7. The molecular weight excluding hydrogens is 537 g/mol. The summed E-state index contributed by atoms with van der Waals surface area (Å²) < 4.78 is 62.4. The lowest BCUT2D eigenvalue weighted by molar-refractivity contribution is 0.380. The molecule has 10 nitrogen and oxygen atoms in total. The number of nitrogen functional groups attached to an aromatic ring is 1. The maximum atomic E-state index is 12.9. The Morgan fingerprint density at radius 1 is 0.541 bits per heavy atom. The van der Waals surface area contributed by atoms with E-state index in [1.165, 1.54) is 72.8 Å². The second kappa shape index (κ2) is 10.0. The normalized spacial score (nSPS) is 12.2. The van der Waals surface area contributed by atoms with E-state index in [1.807, 2.05) is 5.09 Å². The standard InChI is InChI=1S/C24H22N3O7PS2/c25-17-1-9-21(10-2-17)36(31,32)22-11-3-18(4-12-22)26-19-5-13-23(14-6-19)37(33,34)24-15-7-20(8-16-24)27-35(28,29)30/h1-16,26H,25H2,(H3,27,28,29,30). The molecule has 4 aromatic rings. The van der Waals surface area contributed by atoms with Crippen LogP contribution in [0.25, 0.3) is 0 Å². The fraction of sp³-hybridized carbons (Fsp3) is 0. The van der Waals surface area contributed by atoms with Gasteiger partial charge >= 0.3 is 7.75 Å². The fourth-order valence-electron chi connectivity index (χ4n) is 3.40. The Labute approximate surface area is 213 Å². The van der Waals surface area contributed by atoms with Crippen molar-refractivity contribution in [2.45, 2.75) is 19.6 Å². The van der Waals surface area contributed by atoms with Crippen LogP contribution in [-0.2, 0) is 24.2 Å². The summed E-state index contributed by atoms with van der Waals surface area (Å²) in [4.78, 5) is 18.2. The van der Waals surface area contributed by atoms with Crippen molar-refractivity contribution in [2.24, 2.45) is 0 Å². The predicted octanol–water partition coefficient (Wildman–Crippen LogP) is 4.18. The van der Waals surface area contributed by atoms with E-state index in [0.717, 1.165) is 0 Å². The lowest BCUT2D eigenvalue weighted by Crippen LogP contribution is -2.03. The molecule has 0 fully saturated rings. The minimum absolute atomic E-state index is 0.0266. The highest BCUT2D eigenvalue weighted by molar-refractivity contribution is 7.91. The molecule has 37 heavy (non-hydrogen) atoms. The van der Waals surface area contributed by atoms with E-state index in [0.29, 0.717) is 17.1 Å². The van der Waals surface area contributed by atoms with Gasteiger partial charge < -0.3 is 20.8 Å². The Bertz CT molecular complexity index is 1670. The highest BCUT2D eigenvalue weighted by Gasteiger charge is 2.19. The molecule has 4 aromatic carbocycles. The monoisotopic (exact) mass is 559 g/mol. The number of benzene rings is 4. The van der Waals surface area contributed by atoms with Crippen LogP contribution < -0.4 is 16.1 Å². The molecule has 0 saturated heterocycles. The van der Waals surface area contributed by atoms with Crippen LogP contribution in [0.4, 0.5) is 22.7 Å². The summed E-state index contributed by atoms with van der Waals surface area (Å²) in [5, 5.41) is 5.07. The summed E-state index contributed by atoms with van der Waals surface area (Å²) in [5.74, 6) is 0. The van der Waals surface area contributed by atoms with Crippen LogP contribution in [0.2, 0.25) is 0 Å². The third-order valence-corrected chi connectivity index (χ3v) is 9.37. The quantitative estimate of drug-likeness (QED) is 0.155. The van der Waals surface area contributed by atoms with Gasteiger partial charge in [-0.15, -0.1) is 0 Å². The molecule has 0 bridgehead atoms. The zero-order chi connectivity index (χ0) is 26.8. The Morgan fingerprint density at radius 3 is 1.16 bits per heavy atom. The van der Waals surface area contributed by atoms with E-state index in [1.54, 1.807) is 24.3 Å². The Hall–Kier alpha value is -3.67. The zero-order valence-electron chi connectivity index (χ0n) is 19.0. The van der Waals surface area contributed by atoms with Crippen LogP contribution in [0, 0.1) is 0 Å². The first-order valence-corrected chi connectivity index (χ1v) is 15.2. The fourth-order valence-corrected chi connectivity index (χ4v) is 6.40. The van der Waals surface area contributed by atoms with Crippen LogP contribution in [-0.4, -0.2) is 26.6 Å². The molecule has 0 amide bonds. The summed E-state index contributed by atoms with van der Waals surface area (Å²) in [7, 11) is -12.1. The van der Waals surface area contributed by atoms with Gasteiger partial charge in [0.1, 0.15) is 0 Å². The number of hydrogen-bond donors (Lipinski definition) is 5. The molecule has 6 N–H and O–H groups in total. The largest absolute Gasteiger partial charge is 0.427 e. The van der Waals surface area contributed by atoms with Crippen molar-refractivity contribution in [3.8, 4) is 0 Å². The number of sulfone groups is 2. The number of nitrogens with two attached hydrogens (primary N) is 1. The first-order valence-electron chi connectivity index (χ1n) is 10.6. The van der Waals surface area contributed by atoms with Crippen molar-refractivity contribution >= 4 is 50.2 Å². The van der Waals surface area contributed by atoms with Gasteiger partial charge in [0.2, 0.25) is 19.7 Å². The minimum atomic E-state index is -4.50. The number of rotatable bonds is 8. The zero-order valence-corrected chi connectivity index (χ0v) is 21.5. The van der Waals surface area contributed by atoms with Crippen LogP contribution in [0.1, 0.15) is 0 Å². The van der Waals surface area contributed by atoms with E-state index in [9.17, 15) is 21.4 Å². The first kappa shape index (κ1) is 26.4. The minimum Gasteiger partial charge on any atom is -0.399 e. The van der Waals surface area contributed by atoms with Gasteiger partial charge in [0.25, 0.3) is 0 Å². The van der Waals surface area contributed by atoms with Gasteiger partial charge in [-0.05, 0) is 97.1 Å². The molecule has 4 rings (SSSR count). The molecule has 0 aliphatic heterocycles. The van der Waals surface area contributed by atoms with E-state index in [-0.39, 0.29) is 25.3 Å². The van der Waals surface area contributed by atoms with Gasteiger partial charge in [-0.25, -0.2) is 21.4 Å². The van der Waals surface area contributed by atoms with Crippen molar-refractivity contribution in [1.29, 1.82) is 0 Å². The van der Waals surface area contributed by atoms with E-state index in [4.69, 9.17) is 15.5 Å². The number of anilines is 4. The Morgan fingerprint density at radius 2 is 0.838 bits per heavy atom. The summed E-state index contributed by atoms with van der Waals surface area (Å²) >= 11 is 0. The van der Waals surface area contributed by atoms with Gasteiger partial charge in [0, 0.05) is 22.7 Å². The van der Waals surface area contributed by atoms with Crippen molar-refractivity contribution in [3.63, 3.8) is 0 Å². The second-order valence-electron chi connectivity index (χ2n) is 7.93. The molecule has 0 aliphatic carbocycles. The Balaban J connectivity index is 1.47. The van der Waals surface area contributed by atoms with E-state index in [2.05, 4.69) is 5.32 Å². The van der Waals surface area contributed by atoms with Crippen LogP contribution in [0.3, 0.4) is 0 Å². The highest BCUT2D eigenvalue weighted by atomic mass is 32.2. The average Bonchev–Trinajstić information content (AvgIpc) is 2.84. The molecule has 0 unspecified atom stereocenters. The molecule has 192 valence electrons. The van der Waals surface area contributed by atoms with Crippen molar-refractivity contribution in [2.75, 3.05) is 16.1 Å². The molecular formula is C24H22N3O7PS2. The molecule has 0 aromatic heterocycles. The lowest BCUT2D eigenvalue weighted by Gasteiger charge is -2.11. The molecule has 0 radical (unpaired) electrons.